The largest absolute Gasteiger partial charge is 0.497 e. The van der Waals surface area contributed by atoms with Gasteiger partial charge in [0.05, 0.1) is 18.3 Å². The number of aromatic nitrogens is 2. The lowest BCUT2D eigenvalue weighted by Crippen LogP contribution is -2.39. The molecule has 1 aromatic heterocycles. The zero-order chi connectivity index (χ0) is 19.9. The first-order valence-electron chi connectivity index (χ1n) is 8.68. The fraction of sp³-hybridized carbons (Fsp3) is 0.263. The Morgan fingerprint density at radius 3 is 2.96 bits per heavy atom. The van der Waals surface area contributed by atoms with E-state index in [0.717, 1.165) is 35.2 Å². The molecule has 2 aromatic rings. The normalized spacial score (nSPS) is 15.3. The van der Waals surface area contributed by atoms with Crippen LogP contribution in [0.3, 0.4) is 0 Å². The Hall–Kier alpha value is -3.07. The maximum Gasteiger partial charge on any atom is 0.294 e. The Labute approximate surface area is 166 Å². The van der Waals surface area contributed by atoms with Gasteiger partial charge < -0.3 is 14.6 Å². The number of rotatable bonds is 8. The van der Waals surface area contributed by atoms with E-state index in [2.05, 4.69) is 10.3 Å². The topological polar surface area (TPSA) is 93.5 Å². The van der Waals surface area contributed by atoms with E-state index in [9.17, 15) is 14.4 Å². The molecule has 3 amide bonds. The molecule has 1 aliphatic rings. The zero-order valence-corrected chi connectivity index (χ0v) is 16.1. The van der Waals surface area contributed by atoms with Crippen molar-refractivity contribution in [2.45, 2.75) is 13.0 Å². The first kappa shape index (κ1) is 19.7. The molecule has 0 aliphatic carbocycles. The summed E-state index contributed by atoms with van der Waals surface area (Å²) in [6, 6.07) is 7.16. The molecule has 146 valence electrons. The van der Waals surface area contributed by atoms with E-state index >= 15 is 0 Å². The van der Waals surface area contributed by atoms with Crippen LogP contribution < -0.4 is 10.1 Å². The van der Waals surface area contributed by atoms with Crippen molar-refractivity contribution in [2.24, 2.45) is 0 Å². The highest BCUT2D eigenvalue weighted by molar-refractivity contribution is 8.18. The summed E-state index contributed by atoms with van der Waals surface area (Å²) in [4.78, 5) is 41.9. The second-order valence-electron chi connectivity index (χ2n) is 6.05. The highest BCUT2D eigenvalue weighted by Gasteiger charge is 2.36. The van der Waals surface area contributed by atoms with Crippen LogP contribution in [0.5, 0.6) is 5.75 Å². The summed E-state index contributed by atoms with van der Waals surface area (Å²) < 4.78 is 7.06. The number of hydrogen-bond acceptors (Lipinski definition) is 6. The van der Waals surface area contributed by atoms with Crippen molar-refractivity contribution in [3.05, 3.63) is 53.5 Å². The molecule has 0 spiro atoms. The van der Waals surface area contributed by atoms with Crippen LogP contribution in [0.25, 0.3) is 6.08 Å². The lowest BCUT2D eigenvalue weighted by Gasteiger charge is -2.12. The molecule has 1 saturated heterocycles. The number of hydrogen-bond donors (Lipinski definition) is 1. The summed E-state index contributed by atoms with van der Waals surface area (Å²) in [5.74, 6) is -0.176. The minimum absolute atomic E-state index is 0.283. The monoisotopic (exact) mass is 400 g/mol. The summed E-state index contributed by atoms with van der Waals surface area (Å²) in [6.07, 6.45) is 7.58. The van der Waals surface area contributed by atoms with E-state index in [0.29, 0.717) is 12.3 Å². The Bertz CT molecular complexity index is 895. The second-order valence-corrected chi connectivity index (χ2v) is 7.04. The lowest BCUT2D eigenvalue weighted by atomic mass is 10.2. The third-order valence-corrected chi connectivity index (χ3v) is 4.95. The number of nitrogens with one attached hydrogen (secondary N) is 1. The Kier molecular flexibility index (Phi) is 6.49. The number of nitrogens with zero attached hydrogens (tertiary/aromatic N) is 3. The first-order chi connectivity index (χ1) is 13.6. The number of amides is 3. The van der Waals surface area contributed by atoms with Gasteiger partial charge >= 0.3 is 0 Å². The van der Waals surface area contributed by atoms with E-state index in [1.807, 2.05) is 16.8 Å². The summed E-state index contributed by atoms with van der Waals surface area (Å²) >= 11 is 0.826. The van der Waals surface area contributed by atoms with Crippen LogP contribution in [0.4, 0.5) is 4.79 Å². The number of benzene rings is 1. The van der Waals surface area contributed by atoms with Gasteiger partial charge in [0.15, 0.2) is 0 Å². The fourth-order valence-corrected chi connectivity index (χ4v) is 3.47. The Morgan fingerprint density at radius 2 is 2.21 bits per heavy atom. The first-order valence-corrected chi connectivity index (χ1v) is 9.50. The maximum atomic E-state index is 12.5. The quantitative estimate of drug-likeness (QED) is 0.539. The average Bonchev–Trinajstić information content (AvgIpc) is 3.30. The molecule has 1 aliphatic heterocycles. The lowest BCUT2D eigenvalue weighted by molar-refractivity contribution is -0.129. The zero-order valence-electron chi connectivity index (χ0n) is 15.3. The van der Waals surface area contributed by atoms with Gasteiger partial charge in [-0.1, -0.05) is 12.1 Å². The SMILES string of the molecule is COc1cccc(/C=C2\SC(=O)N(CC(=O)NCCCn3ccnc3)C2=O)c1. The number of carbonyl (C=O) groups is 3. The van der Waals surface area contributed by atoms with Gasteiger partial charge in [-0.05, 0) is 42.0 Å². The smallest absolute Gasteiger partial charge is 0.294 e. The molecule has 0 radical (unpaired) electrons. The highest BCUT2D eigenvalue weighted by Crippen LogP contribution is 2.32. The van der Waals surface area contributed by atoms with E-state index < -0.39 is 11.1 Å². The van der Waals surface area contributed by atoms with Crippen molar-refractivity contribution in [2.75, 3.05) is 20.2 Å². The van der Waals surface area contributed by atoms with Crippen molar-refractivity contribution in [3.63, 3.8) is 0 Å². The predicted octanol–water partition coefficient (Wildman–Crippen LogP) is 2.13. The van der Waals surface area contributed by atoms with Crippen molar-refractivity contribution in [3.8, 4) is 5.75 Å². The van der Waals surface area contributed by atoms with Gasteiger partial charge in [-0.2, -0.15) is 0 Å². The molecule has 0 bridgehead atoms. The second kappa shape index (κ2) is 9.23. The minimum atomic E-state index is -0.466. The third-order valence-electron chi connectivity index (χ3n) is 4.04. The number of thioether (sulfide) groups is 1. The van der Waals surface area contributed by atoms with Gasteiger partial charge in [0.2, 0.25) is 5.91 Å². The van der Waals surface area contributed by atoms with Crippen molar-refractivity contribution in [1.29, 1.82) is 0 Å². The standard InChI is InChI=1S/C19H20N4O4S/c1-27-15-5-2-4-14(10-15)11-16-18(25)23(19(26)28-16)12-17(24)21-6-3-8-22-9-7-20-13-22/h2,4-5,7,9-11,13H,3,6,8,12H2,1H3,(H,21,24)/b16-11-. The van der Waals surface area contributed by atoms with Crippen molar-refractivity contribution < 1.29 is 19.1 Å². The third kappa shape index (κ3) is 5.01. The molecular formula is C19H20N4O4S. The number of imide groups is 1. The number of imidazole rings is 1. The van der Waals surface area contributed by atoms with Crippen molar-refractivity contribution >= 4 is 34.9 Å². The number of aryl methyl sites for hydroxylation is 1. The van der Waals surface area contributed by atoms with Crippen LogP contribution >= 0.6 is 11.8 Å². The molecule has 2 heterocycles. The van der Waals surface area contributed by atoms with Crippen LogP contribution in [-0.2, 0) is 16.1 Å². The summed E-state index contributed by atoms with van der Waals surface area (Å²) in [5, 5.41) is 2.28. The van der Waals surface area contributed by atoms with E-state index in [4.69, 9.17) is 4.74 Å². The van der Waals surface area contributed by atoms with Crippen LogP contribution in [-0.4, -0.2) is 51.7 Å². The van der Waals surface area contributed by atoms with Gasteiger partial charge in [0, 0.05) is 25.5 Å². The molecule has 1 fully saturated rings. The molecule has 1 aromatic carbocycles. The van der Waals surface area contributed by atoms with Crippen LogP contribution in [0.2, 0.25) is 0 Å². The van der Waals surface area contributed by atoms with Crippen molar-refractivity contribution in [1.82, 2.24) is 19.8 Å². The molecule has 9 heteroatoms. The Morgan fingerprint density at radius 1 is 1.36 bits per heavy atom. The van der Waals surface area contributed by atoms with Gasteiger partial charge in [-0.3, -0.25) is 19.3 Å². The molecule has 0 atom stereocenters. The van der Waals surface area contributed by atoms with E-state index in [-0.39, 0.29) is 17.4 Å². The summed E-state index contributed by atoms with van der Waals surface area (Å²) in [7, 11) is 1.56. The van der Waals surface area contributed by atoms with E-state index in [1.165, 1.54) is 0 Å². The number of carbonyl (C=O) groups excluding carboxylic acids is 3. The number of ether oxygens (including phenoxy) is 1. The van der Waals surface area contributed by atoms with E-state index in [1.54, 1.807) is 43.9 Å². The minimum Gasteiger partial charge on any atom is -0.497 e. The van der Waals surface area contributed by atoms with Gasteiger partial charge in [0.25, 0.3) is 11.1 Å². The average molecular weight is 400 g/mol. The van der Waals surface area contributed by atoms with Gasteiger partial charge in [-0.25, -0.2) is 4.98 Å². The Balaban J connectivity index is 1.52. The molecule has 1 N–H and O–H groups in total. The molecule has 8 nitrogen and oxygen atoms in total. The van der Waals surface area contributed by atoms with Crippen LogP contribution in [0.15, 0.2) is 47.9 Å². The fourth-order valence-electron chi connectivity index (χ4n) is 2.63. The maximum absolute atomic E-state index is 12.5. The van der Waals surface area contributed by atoms with Crippen LogP contribution in [0, 0.1) is 0 Å². The highest BCUT2D eigenvalue weighted by atomic mass is 32.2. The number of methoxy groups -OCH3 is 1. The molecule has 28 heavy (non-hydrogen) atoms. The predicted molar refractivity (Wildman–Crippen MR) is 106 cm³/mol. The van der Waals surface area contributed by atoms with Crippen LogP contribution in [0.1, 0.15) is 12.0 Å². The van der Waals surface area contributed by atoms with Gasteiger partial charge in [0.1, 0.15) is 12.3 Å². The van der Waals surface area contributed by atoms with Gasteiger partial charge in [-0.15, -0.1) is 0 Å². The summed E-state index contributed by atoms with van der Waals surface area (Å²) in [5.41, 5.74) is 0.744. The molecule has 0 saturated carbocycles. The molecular weight excluding hydrogens is 380 g/mol. The molecule has 0 unspecified atom stereocenters. The summed E-state index contributed by atoms with van der Waals surface area (Å²) in [6.45, 7) is 0.892. The molecule has 3 rings (SSSR count).